The van der Waals surface area contributed by atoms with Crippen LogP contribution in [0.25, 0.3) is 0 Å². The summed E-state index contributed by atoms with van der Waals surface area (Å²) in [5.41, 5.74) is 0. The van der Waals surface area contributed by atoms with Gasteiger partial charge in [-0.2, -0.15) is 0 Å². The van der Waals surface area contributed by atoms with Gasteiger partial charge in [0.1, 0.15) is 0 Å². The SMILES string of the molecule is CCCCCCCCCCC(C(=O)[O-])C(CCCCCC)CCCCCCCCC. The molecular formula is C28H55O2-. The van der Waals surface area contributed by atoms with E-state index in [1.807, 2.05) is 0 Å². The van der Waals surface area contributed by atoms with Crippen LogP contribution in [0.4, 0.5) is 0 Å². The lowest BCUT2D eigenvalue weighted by Crippen LogP contribution is -2.36. The molecule has 0 aromatic rings. The van der Waals surface area contributed by atoms with Crippen molar-refractivity contribution < 1.29 is 9.90 Å². The second-order valence-electron chi connectivity index (χ2n) is 9.71. The van der Waals surface area contributed by atoms with E-state index >= 15 is 0 Å². The molecule has 0 radical (unpaired) electrons. The monoisotopic (exact) mass is 423 g/mol. The van der Waals surface area contributed by atoms with Gasteiger partial charge in [-0.05, 0) is 25.2 Å². The van der Waals surface area contributed by atoms with Crippen LogP contribution in [0.3, 0.4) is 0 Å². The van der Waals surface area contributed by atoms with Gasteiger partial charge in [0.25, 0.3) is 0 Å². The third-order valence-electron chi connectivity index (χ3n) is 6.85. The topological polar surface area (TPSA) is 40.1 Å². The van der Waals surface area contributed by atoms with Crippen LogP contribution in [0, 0.1) is 11.8 Å². The zero-order valence-corrected chi connectivity index (χ0v) is 21.0. The van der Waals surface area contributed by atoms with Gasteiger partial charge in [0.15, 0.2) is 0 Å². The summed E-state index contributed by atoms with van der Waals surface area (Å²) >= 11 is 0. The summed E-state index contributed by atoms with van der Waals surface area (Å²) in [5.74, 6) is -0.653. The lowest BCUT2D eigenvalue weighted by molar-refractivity contribution is -0.313. The van der Waals surface area contributed by atoms with E-state index in [9.17, 15) is 9.90 Å². The summed E-state index contributed by atoms with van der Waals surface area (Å²) in [6.45, 7) is 6.75. The Balaban J connectivity index is 4.30. The molecule has 0 aromatic carbocycles. The Bertz CT molecular complexity index is 353. The standard InChI is InChI=1S/C28H56O2/c1-4-7-10-13-15-17-19-22-25-27(28(29)30)26(23-20-12-9-6-3)24-21-18-16-14-11-8-5-2/h26-27H,4-25H2,1-3H3,(H,29,30)/p-1. The first-order valence-electron chi connectivity index (χ1n) is 13.9. The maximum Gasteiger partial charge on any atom is 0.0448 e. The summed E-state index contributed by atoms with van der Waals surface area (Å²) in [5, 5.41) is 12.0. The molecule has 0 spiro atoms. The number of carbonyl (C=O) groups excluding carboxylic acids is 1. The van der Waals surface area contributed by atoms with Crippen molar-refractivity contribution in [1.82, 2.24) is 0 Å². The zero-order valence-electron chi connectivity index (χ0n) is 21.0. The molecule has 2 heteroatoms. The largest absolute Gasteiger partial charge is 0.550 e. The molecule has 0 rings (SSSR count). The average Bonchev–Trinajstić information content (AvgIpc) is 2.73. The molecule has 0 saturated heterocycles. The molecular weight excluding hydrogens is 368 g/mol. The zero-order chi connectivity index (χ0) is 22.3. The van der Waals surface area contributed by atoms with E-state index in [-0.39, 0.29) is 5.92 Å². The Labute approximate surface area is 190 Å². The van der Waals surface area contributed by atoms with Crippen molar-refractivity contribution in [3.05, 3.63) is 0 Å². The molecule has 2 atom stereocenters. The van der Waals surface area contributed by atoms with Crippen LogP contribution >= 0.6 is 0 Å². The Morgan fingerprint density at radius 3 is 1.17 bits per heavy atom. The molecule has 0 aliphatic heterocycles. The summed E-state index contributed by atoms with van der Waals surface area (Å²) < 4.78 is 0. The first-order valence-corrected chi connectivity index (χ1v) is 13.9. The van der Waals surface area contributed by atoms with Gasteiger partial charge in [-0.3, -0.25) is 0 Å². The Kier molecular flexibility index (Phi) is 22.7. The number of aliphatic carboxylic acids is 1. The van der Waals surface area contributed by atoms with E-state index < -0.39 is 5.97 Å². The summed E-state index contributed by atoms with van der Waals surface area (Å²) in [7, 11) is 0. The first kappa shape index (κ1) is 29.5. The second kappa shape index (κ2) is 23.1. The minimum absolute atomic E-state index is 0.216. The number of carboxylic acids is 1. The van der Waals surface area contributed by atoms with Crippen molar-refractivity contribution in [1.29, 1.82) is 0 Å². The number of carboxylic acid groups (broad SMARTS) is 1. The molecule has 0 amide bonds. The fraction of sp³-hybridized carbons (Fsp3) is 0.964. The second-order valence-corrected chi connectivity index (χ2v) is 9.71. The fourth-order valence-corrected chi connectivity index (χ4v) is 4.79. The van der Waals surface area contributed by atoms with Crippen LogP contribution < -0.4 is 5.11 Å². The van der Waals surface area contributed by atoms with Gasteiger partial charge in [0, 0.05) is 11.9 Å². The number of unbranched alkanes of at least 4 members (excludes halogenated alkanes) is 16. The van der Waals surface area contributed by atoms with Gasteiger partial charge in [-0.15, -0.1) is 0 Å². The van der Waals surface area contributed by atoms with Crippen molar-refractivity contribution in [3.63, 3.8) is 0 Å². The van der Waals surface area contributed by atoms with E-state index in [1.54, 1.807) is 0 Å². The Hall–Kier alpha value is -0.530. The molecule has 0 bridgehead atoms. The van der Waals surface area contributed by atoms with Crippen molar-refractivity contribution in [2.24, 2.45) is 11.8 Å². The maximum atomic E-state index is 12.0. The van der Waals surface area contributed by atoms with Gasteiger partial charge >= 0.3 is 0 Å². The molecule has 30 heavy (non-hydrogen) atoms. The number of rotatable bonds is 24. The molecule has 0 aliphatic carbocycles. The van der Waals surface area contributed by atoms with Crippen LogP contribution in [0.5, 0.6) is 0 Å². The van der Waals surface area contributed by atoms with E-state index in [0.29, 0.717) is 5.92 Å². The minimum atomic E-state index is -0.776. The highest BCUT2D eigenvalue weighted by Crippen LogP contribution is 2.29. The van der Waals surface area contributed by atoms with Crippen LogP contribution in [0.1, 0.15) is 162 Å². The summed E-state index contributed by atoms with van der Waals surface area (Å²) in [4.78, 5) is 12.0. The molecule has 0 fully saturated rings. The van der Waals surface area contributed by atoms with Crippen LogP contribution in [0.15, 0.2) is 0 Å². The van der Waals surface area contributed by atoms with Gasteiger partial charge in [0.2, 0.25) is 0 Å². The molecule has 2 unspecified atom stereocenters. The summed E-state index contributed by atoms with van der Waals surface area (Å²) in [6.07, 6.45) is 27.3. The van der Waals surface area contributed by atoms with E-state index in [0.717, 1.165) is 25.7 Å². The van der Waals surface area contributed by atoms with Gasteiger partial charge in [-0.25, -0.2) is 0 Å². The predicted molar refractivity (Wildman–Crippen MR) is 131 cm³/mol. The Morgan fingerprint density at radius 1 is 0.500 bits per heavy atom. The maximum absolute atomic E-state index is 12.0. The van der Waals surface area contributed by atoms with Gasteiger partial charge in [-0.1, -0.05) is 143 Å². The van der Waals surface area contributed by atoms with Crippen molar-refractivity contribution in [2.75, 3.05) is 0 Å². The molecule has 0 heterocycles. The predicted octanol–water partition coefficient (Wildman–Crippen LogP) is 8.61. The first-order chi connectivity index (χ1) is 14.7. The third kappa shape index (κ3) is 18.3. The molecule has 0 aliphatic rings. The van der Waals surface area contributed by atoms with Crippen molar-refractivity contribution >= 4 is 5.97 Å². The van der Waals surface area contributed by atoms with Crippen LogP contribution in [-0.2, 0) is 4.79 Å². The third-order valence-corrected chi connectivity index (χ3v) is 6.85. The number of carbonyl (C=O) groups is 1. The molecule has 2 nitrogen and oxygen atoms in total. The quantitative estimate of drug-likeness (QED) is 0.146. The highest BCUT2D eigenvalue weighted by atomic mass is 16.4. The average molecular weight is 424 g/mol. The van der Waals surface area contributed by atoms with E-state index in [1.165, 1.54) is 116 Å². The Morgan fingerprint density at radius 2 is 0.800 bits per heavy atom. The van der Waals surface area contributed by atoms with Crippen molar-refractivity contribution in [2.45, 2.75) is 162 Å². The van der Waals surface area contributed by atoms with E-state index in [2.05, 4.69) is 20.8 Å². The molecule has 180 valence electrons. The minimum Gasteiger partial charge on any atom is -0.550 e. The molecule has 0 N–H and O–H groups in total. The lowest BCUT2D eigenvalue weighted by Gasteiger charge is -2.28. The fourth-order valence-electron chi connectivity index (χ4n) is 4.79. The smallest absolute Gasteiger partial charge is 0.0448 e. The number of hydrogen-bond donors (Lipinski definition) is 0. The lowest BCUT2D eigenvalue weighted by atomic mass is 9.80. The normalized spacial score (nSPS) is 13.4. The van der Waals surface area contributed by atoms with Crippen LogP contribution in [-0.4, -0.2) is 5.97 Å². The van der Waals surface area contributed by atoms with Gasteiger partial charge in [0.05, 0.1) is 0 Å². The molecule has 0 saturated carbocycles. The van der Waals surface area contributed by atoms with Gasteiger partial charge < -0.3 is 9.90 Å². The van der Waals surface area contributed by atoms with Crippen molar-refractivity contribution in [3.8, 4) is 0 Å². The summed E-state index contributed by atoms with van der Waals surface area (Å²) in [6, 6.07) is 0. The highest BCUT2D eigenvalue weighted by Gasteiger charge is 2.21. The number of hydrogen-bond acceptors (Lipinski definition) is 2. The van der Waals surface area contributed by atoms with Crippen LogP contribution in [0.2, 0.25) is 0 Å². The molecule has 0 aromatic heterocycles. The highest BCUT2D eigenvalue weighted by molar-refractivity contribution is 5.67. The van der Waals surface area contributed by atoms with E-state index in [4.69, 9.17) is 0 Å².